The summed E-state index contributed by atoms with van der Waals surface area (Å²) in [7, 11) is 0. The molecule has 18 heavy (non-hydrogen) atoms. The number of nitrogens with zero attached hydrogens (tertiary/aromatic N) is 1. The summed E-state index contributed by atoms with van der Waals surface area (Å²) in [6, 6.07) is 0. The summed E-state index contributed by atoms with van der Waals surface area (Å²) < 4.78 is 0. The van der Waals surface area contributed by atoms with E-state index in [9.17, 15) is 0 Å². The van der Waals surface area contributed by atoms with Crippen LogP contribution in [0.1, 0.15) is 70.5 Å². The second kappa shape index (κ2) is 4.93. The molecule has 0 amide bonds. The average Bonchev–Trinajstić information content (AvgIpc) is 2.85. The van der Waals surface area contributed by atoms with Crippen molar-refractivity contribution in [1.29, 1.82) is 0 Å². The van der Waals surface area contributed by atoms with Crippen LogP contribution in [0.5, 0.6) is 0 Å². The molecule has 1 aliphatic rings. The van der Waals surface area contributed by atoms with Crippen LogP contribution in [0.3, 0.4) is 0 Å². The predicted octanol–water partition coefficient (Wildman–Crippen LogP) is 4.28. The second-order valence-corrected chi connectivity index (χ2v) is 7.26. The molecule has 3 heteroatoms. The van der Waals surface area contributed by atoms with Crippen molar-refractivity contribution >= 4 is 11.3 Å². The largest absolute Gasteiger partial charge is 0.305 e. The maximum atomic E-state index is 4.93. The topological polar surface area (TPSA) is 24.9 Å². The minimum Gasteiger partial charge on any atom is -0.305 e. The minimum absolute atomic E-state index is 0.0968. The van der Waals surface area contributed by atoms with E-state index in [1.165, 1.54) is 30.0 Å². The normalized spacial score (nSPS) is 27.0. The summed E-state index contributed by atoms with van der Waals surface area (Å²) in [5.41, 5.74) is 1.64. The molecule has 0 aromatic carbocycles. The zero-order chi connectivity index (χ0) is 13.4. The molecule has 1 N–H and O–H groups in total. The maximum Gasteiger partial charge on any atom is 0.114 e. The van der Waals surface area contributed by atoms with E-state index in [1.807, 2.05) is 11.3 Å². The first-order chi connectivity index (χ1) is 8.43. The fourth-order valence-electron chi connectivity index (χ4n) is 3.20. The van der Waals surface area contributed by atoms with Crippen LogP contribution in [0.25, 0.3) is 0 Å². The van der Waals surface area contributed by atoms with Gasteiger partial charge in [0.15, 0.2) is 0 Å². The van der Waals surface area contributed by atoms with E-state index in [1.54, 1.807) is 0 Å². The van der Waals surface area contributed by atoms with Crippen molar-refractivity contribution in [3.05, 3.63) is 16.1 Å². The van der Waals surface area contributed by atoms with Gasteiger partial charge >= 0.3 is 0 Å². The molecule has 1 aromatic heterocycles. The third-order valence-electron chi connectivity index (χ3n) is 4.47. The van der Waals surface area contributed by atoms with Crippen LogP contribution < -0.4 is 5.32 Å². The smallest absolute Gasteiger partial charge is 0.114 e. The van der Waals surface area contributed by atoms with E-state index in [-0.39, 0.29) is 5.54 Å². The summed E-state index contributed by atoms with van der Waals surface area (Å²) in [4.78, 5) is 4.93. The Balaban J connectivity index is 2.40. The molecule has 1 saturated carbocycles. The molecule has 1 heterocycles. The molecule has 0 saturated heterocycles. The number of hydrogen-bond donors (Lipinski definition) is 1. The Labute approximate surface area is 115 Å². The quantitative estimate of drug-likeness (QED) is 0.879. The Morgan fingerprint density at radius 1 is 1.39 bits per heavy atom. The monoisotopic (exact) mass is 266 g/mol. The van der Waals surface area contributed by atoms with Gasteiger partial charge < -0.3 is 5.32 Å². The van der Waals surface area contributed by atoms with Crippen LogP contribution in [-0.2, 0) is 5.54 Å². The summed E-state index contributed by atoms with van der Waals surface area (Å²) in [6.07, 6.45) is 3.81. The highest BCUT2D eigenvalue weighted by atomic mass is 32.1. The summed E-state index contributed by atoms with van der Waals surface area (Å²) in [5.74, 6) is 0.526. The molecule has 1 unspecified atom stereocenters. The van der Waals surface area contributed by atoms with E-state index in [0.717, 1.165) is 6.54 Å². The van der Waals surface area contributed by atoms with Crippen molar-refractivity contribution in [3.8, 4) is 0 Å². The van der Waals surface area contributed by atoms with Crippen molar-refractivity contribution in [1.82, 2.24) is 10.3 Å². The number of nitrogens with one attached hydrogen (secondary N) is 1. The Bertz CT molecular complexity index is 408. The molecule has 0 spiro atoms. The minimum atomic E-state index is 0.0968. The predicted molar refractivity (Wildman–Crippen MR) is 79.2 cm³/mol. The first-order valence-corrected chi connectivity index (χ1v) is 8.02. The molecular formula is C15H26N2S. The Morgan fingerprint density at radius 2 is 2.11 bits per heavy atom. The Hall–Kier alpha value is -0.410. The molecule has 2 rings (SSSR count). The van der Waals surface area contributed by atoms with Gasteiger partial charge in [0.05, 0.1) is 11.2 Å². The average molecular weight is 266 g/mol. The van der Waals surface area contributed by atoms with Gasteiger partial charge in [-0.15, -0.1) is 11.3 Å². The van der Waals surface area contributed by atoms with Crippen molar-refractivity contribution in [2.45, 2.75) is 65.3 Å². The van der Waals surface area contributed by atoms with E-state index in [0.29, 0.717) is 11.3 Å². The highest BCUT2D eigenvalue weighted by Gasteiger charge is 2.51. The third kappa shape index (κ3) is 2.12. The van der Waals surface area contributed by atoms with E-state index in [2.05, 4.69) is 45.3 Å². The number of hydrogen-bond acceptors (Lipinski definition) is 3. The van der Waals surface area contributed by atoms with Gasteiger partial charge in [0.25, 0.3) is 0 Å². The highest BCUT2D eigenvalue weighted by Crippen LogP contribution is 2.53. The first-order valence-electron chi connectivity index (χ1n) is 7.14. The molecular weight excluding hydrogens is 240 g/mol. The molecule has 0 aliphatic heterocycles. The number of rotatable bonds is 4. The van der Waals surface area contributed by atoms with Crippen molar-refractivity contribution in [2.75, 3.05) is 6.54 Å². The Kier molecular flexibility index (Phi) is 3.84. The first kappa shape index (κ1) is 14.0. The van der Waals surface area contributed by atoms with Crippen LogP contribution in [0.2, 0.25) is 0 Å². The summed E-state index contributed by atoms with van der Waals surface area (Å²) in [5, 5.41) is 7.31. The van der Waals surface area contributed by atoms with E-state index < -0.39 is 0 Å². The molecule has 1 atom stereocenters. The van der Waals surface area contributed by atoms with Crippen LogP contribution in [0, 0.1) is 5.41 Å². The molecule has 102 valence electrons. The summed E-state index contributed by atoms with van der Waals surface area (Å²) in [6.45, 7) is 12.4. The van der Waals surface area contributed by atoms with E-state index >= 15 is 0 Å². The van der Waals surface area contributed by atoms with Gasteiger partial charge in [0.2, 0.25) is 0 Å². The van der Waals surface area contributed by atoms with Crippen molar-refractivity contribution < 1.29 is 0 Å². The highest BCUT2D eigenvalue weighted by molar-refractivity contribution is 7.09. The van der Waals surface area contributed by atoms with Crippen LogP contribution >= 0.6 is 11.3 Å². The van der Waals surface area contributed by atoms with Crippen molar-refractivity contribution in [3.63, 3.8) is 0 Å². The lowest BCUT2D eigenvalue weighted by Crippen LogP contribution is -2.49. The molecule has 1 aromatic rings. The SMILES string of the molecule is CCNC1(c2nc(C(C)C)cs2)CCCC1(C)C. The second-order valence-electron chi connectivity index (χ2n) is 6.41. The number of aromatic nitrogens is 1. The molecule has 0 bridgehead atoms. The zero-order valence-corrected chi connectivity index (χ0v) is 13.2. The fourth-order valence-corrected chi connectivity index (χ4v) is 4.56. The van der Waals surface area contributed by atoms with Gasteiger partial charge in [-0.25, -0.2) is 4.98 Å². The lowest BCUT2D eigenvalue weighted by Gasteiger charge is -2.41. The van der Waals surface area contributed by atoms with Gasteiger partial charge in [0.1, 0.15) is 5.01 Å². The van der Waals surface area contributed by atoms with Crippen LogP contribution in [0.15, 0.2) is 5.38 Å². The van der Waals surface area contributed by atoms with Gasteiger partial charge in [0, 0.05) is 5.38 Å². The lowest BCUT2D eigenvalue weighted by molar-refractivity contribution is 0.158. The maximum absolute atomic E-state index is 4.93. The van der Waals surface area contributed by atoms with Gasteiger partial charge in [-0.3, -0.25) is 0 Å². The summed E-state index contributed by atoms with van der Waals surface area (Å²) >= 11 is 1.84. The molecule has 0 radical (unpaired) electrons. The standard InChI is InChI=1S/C15H26N2S/c1-6-16-15(9-7-8-14(15,4)5)13-17-12(10-18-13)11(2)3/h10-11,16H,6-9H2,1-5H3. The fraction of sp³-hybridized carbons (Fsp3) is 0.800. The van der Waals surface area contributed by atoms with Gasteiger partial charge in [-0.05, 0) is 30.7 Å². The lowest BCUT2D eigenvalue weighted by atomic mass is 9.75. The molecule has 1 aliphatic carbocycles. The van der Waals surface area contributed by atoms with Crippen LogP contribution in [0.4, 0.5) is 0 Å². The molecule has 1 fully saturated rings. The van der Waals surface area contributed by atoms with Gasteiger partial charge in [-0.2, -0.15) is 0 Å². The zero-order valence-electron chi connectivity index (χ0n) is 12.3. The Morgan fingerprint density at radius 3 is 2.56 bits per heavy atom. The van der Waals surface area contributed by atoms with Crippen LogP contribution in [-0.4, -0.2) is 11.5 Å². The van der Waals surface area contributed by atoms with Crippen molar-refractivity contribution in [2.24, 2.45) is 5.41 Å². The van der Waals surface area contributed by atoms with Gasteiger partial charge in [-0.1, -0.05) is 41.0 Å². The molecule has 2 nitrogen and oxygen atoms in total. The third-order valence-corrected chi connectivity index (χ3v) is 5.49. The number of thiazole rings is 1. The van der Waals surface area contributed by atoms with E-state index in [4.69, 9.17) is 4.98 Å².